The Balaban J connectivity index is 1.25. The highest BCUT2D eigenvalue weighted by molar-refractivity contribution is 7.16. The number of fused-ring (bicyclic) bond motifs is 1. The number of amides is 1. The van der Waals surface area contributed by atoms with Crippen molar-refractivity contribution in [2.75, 3.05) is 20.1 Å². The number of pyridine rings is 1. The van der Waals surface area contributed by atoms with Crippen molar-refractivity contribution in [3.63, 3.8) is 0 Å². The summed E-state index contributed by atoms with van der Waals surface area (Å²) in [5.74, 6) is 0.486. The molecule has 1 aliphatic rings. The van der Waals surface area contributed by atoms with Crippen LogP contribution < -0.4 is 15.2 Å². The van der Waals surface area contributed by atoms with E-state index >= 15 is 0 Å². The third-order valence-electron chi connectivity index (χ3n) is 7.63. The van der Waals surface area contributed by atoms with E-state index < -0.39 is 12.0 Å². The molecule has 0 unspecified atom stereocenters. The predicted octanol–water partition coefficient (Wildman–Crippen LogP) is 6.82. The first-order valence-electron chi connectivity index (χ1n) is 13.9. The van der Waals surface area contributed by atoms with E-state index in [1.807, 2.05) is 79.2 Å². The smallest absolute Gasteiger partial charge is 0.262 e. The molecule has 0 bridgehead atoms. The maximum absolute atomic E-state index is 12.4. The van der Waals surface area contributed by atoms with Crippen LogP contribution in [0.15, 0.2) is 67.1 Å². The number of rotatable bonds is 8. The number of aryl methyl sites for hydroxylation is 1. The van der Waals surface area contributed by atoms with Gasteiger partial charge in [0.25, 0.3) is 5.91 Å². The van der Waals surface area contributed by atoms with Gasteiger partial charge in [0.1, 0.15) is 39.9 Å². The van der Waals surface area contributed by atoms with Crippen LogP contribution in [0, 0.1) is 6.92 Å². The van der Waals surface area contributed by atoms with E-state index in [1.165, 1.54) is 11.3 Å². The lowest BCUT2D eigenvalue weighted by atomic mass is 10.1. The number of primary amides is 1. The van der Waals surface area contributed by atoms with Crippen LogP contribution >= 0.6 is 22.9 Å². The number of carbonyl (C=O) groups excluding carboxylic acids is 1. The molecule has 216 valence electrons. The monoisotopic (exact) mass is 601 g/mol. The van der Waals surface area contributed by atoms with Gasteiger partial charge in [-0.15, -0.1) is 11.3 Å². The minimum atomic E-state index is -0.558. The minimum Gasteiger partial charge on any atom is -0.489 e. The van der Waals surface area contributed by atoms with Crippen molar-refractivity contribution >= 4 is 39.9 Å². The van der Waals surface area contributed by atoms with Gasteiger partial charge in [0.2, 0.25) is 0 Å². The summed E-state index contributed by atoms with van der Waals surface area (Å²) in [6, 6.07) is 17.7. The maximum atomic E-state index is 12.4. The standard InChI is InChI=1S/C32H32ClN5O3S/c1-19-7-8-22(17-35-19)21-9-10-26-25(15-21)36-18-38(26)29-16-28(31(42-29)32(34)39)40-20(2)24-5-4-6-27(30(24)33)41-23-11-13-37(3)14-12-23/h4-10,15-18,20,23H,11-14H2,1-3H3,(H2,34,39)/t20-/m1/s1. The summed E-state index contributed by atoms with van der Waals surface area (Å²) in [4.78, 5) is 24.1. The van der Waals surface area contributed by atoms with E-state index in [-0.39, 0.29) is 6.10 Å². The van der Waals surface area contributed by atoms with E-state index in [1.54, 1.807) is 6.33 Å². The van der Waals surface area contributed by atoms with Gasteiger partial charge in [-0.2, -0.15) is 0 Å². The molecule has 0 radical (unpaired) electrons. The highest BCUT2D eigenvalue weighted by atomic mass is 35.5. The van der Waals surface area contributed by atoms with E-state index in [2.05, 4.69) is 21.9 Å². The van der Waals surface area contributed by atoms with Crippen LogP contribution in [0.4, 0.5) is 0 Å². The van der Waals surface area contributed by atoms with E-state index in [0.29, 0.717) is 21.4 Å². The zero-order valence-corrected chi connectivity index (χ0v) is 25.3. The maximum Gasteiger partial charge on any atom is 0.262 e. The summed E-state index contributed by atoms with van der Waals surface area (Å²) >= 11 is 8.08. The first-order valence-corrected chi connectivity index (χ1v) is 15.1. The van der Waals surface area contributed by atoms with Crippen LogP contribution in [-0.4, -0.2) is 51.6 Å². The van der Waals surface area contributed by atoms with Crippen LogP contribution in [0.25, 0.3) is 27.2 Å². The van der Waals surface area contributed by atoms with Gasteiger partial charge in [0.05, 0.1) is 16.1 Å². The van der Waals surface area contributed by atoms with Crippen LogP contribution in [0.5, 0.6) is 11.5 Å². The third-order valence-corrected chi connectivity index (χ3v) is 9.17. The molecule has 1 saturated heterocycles. The Kier molecular flexibility index (Phi) is 7.90. The largest absolute Gasteiger partial charge is 0.489 e. The Morgan fingerprint density at radius 1 is 1.07 bits per heavy atom. The first kappa shape index (κ1) is 28.2. The van der Waals surface area contributed by atoms with Crippen molar-refractivity contribution in [2.24, 2.45) is 5.73 Å². The fourth-order valence-electron chi connectivity index (χ4n) is 5.22. The highest BCUT2D eigenvalue weighted by Crippen LogP contribution is 2.39. The minimum absolute atomic E-state index is 0.126. The normalized spacial score (nSPS) is 15.1. The van der Waals surface area contributed by atoms with Crippen molar-refractivity contribution in [1.82, 2.24) is 19.4 Å². The summed E-state index contributed by atoms with van der Waals surface area (Å²) in [6.45, 7) is 5.85. The lowest BCUT2D eigenvalue weighted by molar-refractivity contribution is 0.0998. The Hall–Kier alpha value is -3.92. The topological polar surface area (TPSA) is 95.5 Å². The van der Waals surface area contributed by atoms with Gasteiger partial charge >= 0.3 is 0 Å². The van der Waals surface area contributed by atoms with Crippen molar-refractivity contribution in [3.8, 4) is 27.6 Å². The number of imidazole rings is 1. The summed E-state index contributed by atoms with van der Waals surface area (Å²) in [5.41, 5.74) is 11.3. The number of nitrogens with two attached hydrogens (primary N) is 1. The average Bonchev–Trinajstić information content (AvgIpc) is 3.59. The third kappa shape index (κ3) is 5.72. The number of ether oxygens (including phenoxy) is 2. The number of hydrogen-bond donors (Lipinski definition) is 1. The number of benzene rings is 2. The number of carbonyl (C=O) groups is 1. The number of thiophene rings is 1. The molecule has 8 nitrogen and oxygen atoms in total. The van der Waals surface area contributed by atoms with Crippen molar-refractivity contribution < 1.29 is 14.3 Å². The van der Waals surface area contributed by atoms with E-state index in [4.69, 9.17) is 26.8 Å². The van der Waals surface area contributed by atoms with E-state index in [0.717, 1.165) is 64.3 Å². The molecular weight excluding hydrogens is 570 g/mol. The molecule has 1 amide bonds. The molecule has 2 N–H and O–H groups in total. The second-order valence-electron chi connectivity index (χ2n) is 10.7. The van der Waals surface area contributed by atoms with Gasteiger partial charge in [-0.05, 0) is 63.6 Å². The van der Waals surface area contributed by atoms with Crippen LogP contribution in [0.3, 0.4) is 0 Å². The lowest BCUT2D eigenvalue weighted by Gasteiger charge is -2.30. The van der Waals surface area contributed by atoms with Crippen LogP contribution in [0.2, 0.25) is 5.02 Å². The Morgan fingerprint density at radius 2 is 1.86 bits per heavy atom. The average molecular weight is 602 g/mol. The molecule has 1 aliphatic heterocycles. The number of nitrogens with zero attached hydrogens (tertiary/aromatic N) is 4. The molecule has 4 heterocycles. The zero-order chi connectivity index (χ0) is 29.4. The fourth-order valence-corrected chi connectivity index (χ4v) is 6.47. The summed E-state index contributed by atoms with van der Waals surface area (Å²) in [6.07, 6.45) is 5.18. The number of halogens is 1. The van der Waals surface area contributed by atoms with Crippen LogP contribution in [-0.2, 0) is 0 Å². The molecule has 0 aliphatic carbocycles. The molecule has 0 spiro atoms. The highest BCUT2D eigenvalue weighted by Gasteiger charge is 2.24. The Bertz CT molecular complexity index is 1740. The van der Waals surface area contributed by atoms with Crippen LogP contribution in [0.1, 0.15) is 46.8 Å². The molecule has 3 aromatic heterocycles. The van der Waals surface area contributed by atoms with Crippen molar-refractivity contribution in [1.29, 1.82) is 0 Å². The molecule has 2 aromatic carbocycles. The quantitative estimate of drug-likeness (QED) is 0.210. The Labute approximate surface area is 253 Å². The number of likely N-dealkylation sites (tertiary alicyclic amines) is 1. The van der Waals surface area contributed by atoms with Gasteiger partial charge in [-0.1, -0.05) is 35.9 Å². The summed E-state index contributed by atoms with van der Waals surface area (Å²) in [5, 5.41) is 1.28. The SMILES string of the molecule is Cc1ccc(-c2ccc3c(c2)ncn3-c2cc(O[C@H](C)c3cccc(OC4CCN(C)CC4)c3Cl)c(C(N)=O)s2)cn1. The number of hydrogen-bond acceptors (Lipinski definition) is 7. The molecule has 1 fully saturated rings. The molecule has 42 heavy (non-hydrogen) atoms. The van der Waals surface area contributed by atoms with Crippen molar-refractivity contribution in [2.45, 2.75) is 38.9 Å². The van der Waals surface area contributed by atoms with Gasteiger partial charge < -0.3 is 20.1 Å². The van der Waals surface area contributed by atoms with E-state index in [9.17, 15) is 4.79 Å². The van der Waals surface area contributed by atoms with Gasteiger partial charge in [-0.25, -0.2) is 4.98 Å². The van der Waals surface area contributed by atoms with Crippen molar-refractivity contribution in [3.05, 3.63) is 88.3 Å². The molecule has 6 rings (SSSR count). The predicted molar refractivity (Wildman–Crippen MR) is 167 cm³/mol. The number of aromatic nitrogens is 3. The first-order chi connectivity index (χ1) is 20.3. The lowest BCUT2D eigenvalue weighted by Crippen LogP contribution is -2.35. The van der Waals surface area contributed by atoms with Gasteiger partial charge in [-0.3, -0.25) is 14.3 Å². The molecule has 0 saturated carbocycles. The van der Waals surface area contributed by atoms with Gasteiger partial charge in [0, 0.05) is 42.2 Å². The Morgan fingerprint density at radius 3 is 2.60 bits per heavy atom. The molecule has 1 atom stereocenters. The summed E-state index contributed by atoms with van der Waals surface area (Å²) in [7, 11) is 2.12. The molecule has 5 aromatic rings. The van der Waals surface area contributed by atoms with Gasteiger partial charge in [0.15, 0.2) is 0 Å². The molecular formula is C32H32ClN5O3S. The summed E-state index contributed by atoms with van der Waals surface area (Å²) < 4.78 is 14.5. The second kappa shape index (κ2) is 11.8. The molecule has 10 heteroatoms. The second-order valence-corrected chi connectivity index (χ2v) is 12.1. The number of piperidine rings is 1. The zero-order valence-electron chi connectivity index (χ0n) is 23.7. The fraction of sp³-hybridized carbons (Fsp3) is 0.281.